The number of ketones is 1. The summed E-state index contributed by atoms with van der Waals surface area (Å²) in [6.07, 6.45) is 15.7. The molecule has 47 heavy (non-hydrogen) atoms. The molecule has 0 bridgehead atoms. The lowest BCUT2D eigenvalue weighted by Crippen LogP contribution is -2.19. The number of carbonyl (C=O) groups excluding carboxylic acids is 1. The van der Waals surface area contributed by atoms with Gasteiger partial charge in [-0.1, -0.05) is 38.7 Å². The number of aryl methyl sites for hydroxylation is 1. The zero-order valence-electron chi connectivity index (χ0n) is 29.1. The van der Waals surface area contributed by atoms with Crippen molar-refractivity contribution in [3.63, 3.8) is 0 Å². The molecule has 0 radical (unpaired) electrons. The van der Waals surface area contributed by atoms with Crippen LogP contribution in [0.3, 0.4) is 0 Å². The molecule has 4 rings (SSSR count). The van der Waals surface area contributed by atoms with Crippen LogP contribution in [0.5, 0.6) is 11.5 Å². The van der Waals surface area contributed by atoms with E-state index in [4.69, 9.17) is 9.47 Å². The lowest BCUT2D eigenvalue weighted by Gasteiger charge is -2.23. The number of fused-ring (bicyclic) bond motifs is 1. The van der Waals surface area contributed by atoms with Crippen molar-refractivity contribution in [1.82, 2.24) is 15.0 Å². The van der Waals surface area contributed by atoms with E-state index in [9.17, 15) is 4.79 Å². The number of nitrogens with one attached hydrogen (secondary N) is 1. The fourth-order valence-corrected chi connectivity index (χ4v) is 4.89. The van der Waals surface area contributed by atoms with Gasteiger partial charge >= 0.3 is 0 Å². The smallest absolute Gasteiger partial charge is 0.202 e. The van der Waals surface area contributed by atoms with E-state index in [1.807, 2.05) is 62.3 Å². The third kappa shape index (κ3) is 10.7. The number of anilines is 3. The monoisotopic (exact) mass is 636 g/mol. The van der Waals surface area contributed by atoms with E-state index < -0.39 is 0 Å². The fraction of sp³-hybridized carbons (Fsp3) is 0.368. The minimum Gasteiger partial charge on any atom is -0.492 e. The first kappa shape index (κ1) is 36.4. The van der Waals surface area contributed by atoms with E-state index >= 15 is 0 Å². The Morgan fingerprint density at radius 2 is 1.94 bits per heavy atom. The third-order valence-corrected chi connectivity index (χ3v) is 7.08. The van der Waals surface area contributed by atoms with Crippen LogP contribution >= 0.6 is 0 Å². The van der Waals surface area contributed by atoms with E-state index in [0.717, 1.165) is 76.0 Å². The van der Waals surface area contributed by atoms with Crippen LogP contribution in [-0.4, -0.2) is 47.2 Å². The van der Waals surface area contributed by atoms with Crippen molar-refractivity contribution >= 4 is 40.1 Å². The molecule has 3 aromatic rings. The summed E-state index contributed by atoms with van der Waals surface area (Å²) in [5.74, 6) is 7.86. The summed E-state index contributed by atoms with van der Waals surface area (Å²) in [7, 11) is 2.12. The predicted octanol–water partition coefficient (Wildman–Crippen LogP) is 8.70. The number of aromatic nitrogens is 2. The quantitative estimate of drug-likeness (QED) is 0.0862. The molecule has 0 spiro atoms. The number of rotatable bonds is 13. The van der Waals surface area contributed by atoms with Crippen molar-refractivity contribution in [2.24, 2.45) is 5.10 Å². The lowest BCUT2D eigenvalue weighted by atomic mass is 10.1. The predicted molar refractivity (Wildman–Crippen MR) is 194 cm³/mol. The summed E-state index contributed by atoms with van der Waals surface area (Å²) in [6.45, 7) is 14.9. The maximum atomic E-state index is 9.87. The van der Waals surface area contributed by atoms with E-state index in [-0.39, 0.29) is 5.78 Å². The van der Waals surface area contributed by atoms with Gasteiger partial charge in [-0.2, -0.15) is 5.10 Å². The van der Waals surface area contributed by atoms with Gasteiger partial charge in [-0.15, -0.1) is 0 Å². The number of hydrazone groups is 1. The van der Waals surface area contributed by atoms with Crippen LogP contribution in [-0.2, 0) is 4.79 Å². The number of carbonyl (C=O) groups is 1. The van der Waals surface area contributed by atoms with Crippen LogP contribution in [0.25, 0.3) is 10.9 Å². The van der Waals surface area contributed by atoms with Gasteiger partial charge in [-0.25, -0.2) is 15.0 Å². The maximum Gasteiger partial charge on any atom is 0.202 e. The second-order valence-electron chi connectivity index (χ2n) is 10.9. The Kier molecular flexibility index (Phi) is 14.5. The summed E-state index contributed by atoms with van der Waals surface area (Å²) in [5, 5.41) is 10.7. The van der Waals surface area contributed by atoms with Gasteiger partial charge in [0, 0.05) is 56.1 Å². The van der Waals surface area contributed by atoms with Crippen molar-refractivity contribution < 1.29 is 14.3 Å². The van der Waals surface area contributed by atoms with Crippen molar-refractivity contribution in [2.75, 3.05) is 30.4 Å². The number of hydrogen-bond donors (Lipinski definition) is 1. The highest BCUT2D eigenvalue weighted by Crippen LogP contribution is 2.36. The Hall–Kier alpha value is -5.10. The molecule has 0 unspecified atom stereocenters. The van der Waals surface area contributed by atoms with E-state index in [2.05, 4.69) is 76.2 Å². The summed E-state index contributed by atoms with van der Waals surface area (Å²) in [6, 6.07) is 10.2. The Morgan fingerprint density at radius 1 is 1.13 bits per heavy atom. The molecule has 1 aliphatic heterocycles. The molecule has 0 saturated carbocycles. The minimum absolute atomic E-state index is 0.0718. The van der Waals surface area contributed by atoms with Crippen molar-refractivity contribution in [3.05, 3.63) is 78.1 Å². The first-order valence-electron chi connectivity index (χ1n) is 16.2. The molecule has 9 nitrogen and oxygen atoms in total. The summed E-state index contributed by atoms with van der Waals surface area (Å²) < 4.78 is 12.3. The standard InChI is InChI=1S/C33H42N6O2.C5H6O/c1-7-11-12-17-38(6)30-21-28-29(22-32(30)40-10-4)34-23-35-33(28)37-25-14-15-31(24(5)19-25)41-27-16-18-39(36-9-3)26(20-27)13-8-2;1-3-4-5(2)6/h9,13-16,18-23H,7-8,10-12,17H2,1-6H3,(H,34,35,37);1-2H3/b26-13+,36-9-;. The van der Waals surface area contributed by atoms with E-state index in [0.29, 0.717) is 6.61 Å². The Morgan fingerprint density at radius 3 is 2.57 bits per heavy atom. The molecule has 0 saturated heterocycles. The topological polar surface area (TPSA) is 92.2 Å². The average molecular weight is 637 g/mol. The van der Waals surface area contributed by atoms with Gasteiger partial charge in [0.05, 0.1) is 23.5 Å². The van der Waals surface area contributed by atoms with Crippen LogP contribution < -0.4 is 19.7 Å². The minimum atomic E-state index is -0.0718. The molecular formula is C38H48N6O3. The highest BCUT2D eigenvalue weighted by atomic mass is 16.5. The van der Waals surface area contributed by atoms with Gasteiger partial charge < -0.3 is 19.7 Å². The number of benzene rings is 2. The van der Waals surface area contributed by atoms with Gasteiger partial charge in [-0.05, 0) is 82.4 Å². The van der Waals surface area contributed by atoms with Crippen LogP contribution in [0.1, 0.15) is 72.8 Å². The van der Waals surface area contributed by atoms with Crippen molar-refractivity contribution in [2.45, 2.75) is 74.1 Å². The van der Waals surface area contributed by atoms with E-state index in [1.54, 1.807) is 19.5 Å². The van der Waals surface area contributed by atoms with Crippen molar-refractivity contribution in [3.8, 4) is 23.3 Å². The summed E-state index contributed by atoms with van der Waals surface area (Å²) in [5.41, 5.74) is 4.79. The van der Waals surface area contributed by atoms with Crippen LogP contribution in [0.2, 0.25) is 0 Å². The number of Topliss-reactive ketones (excluding diaryl/α,β-unsaturated/α-hetero) is 1. The first-order chi connectivity index (χ1) is 22.7. The molecule has 2 aromatic carbocycles. The fourth-order valence-electron chi connectivity index (χ4n) is 4.89. The van der Waals surface area contributed by atoms with Gasteiger partial charge in [0.25, 0.3) is 0 Å². The molecule has 9 heteroatoms. The normalized spacial score (nSPS) is 13.1. The van der Waals surface area contributed by atoms with Gasteiger partial charge in [0.1, 0.15) is 29.4 Å². The number of nitrogens with zero attached hydrogens (tertiary/aromatic N) is 5. The number of allylic oxidation sites excluding steroid dienone is 3. The Bertz CT molecular complexity index is 1700. The highest BCUT2D eigenvalue weighted by Gasteiger charge is 2.16. The average Bonchev–Trinajstić information content (AvgIpc) is 3.04. The van der Waals surface area contributed by atoms with Gasteiger partial charge in [0.2, 0.25) is 5.78 Å². The van der Waals surface area contributed by atoms with Gasteiger partial charge in [0.15, 0.2) is 0 Å². The largest absolute Gasteiger partial charge is 0.492 e. The van der Waals surface area contributed by atoms with Gasteiger partial charge in [-0.3, -0.25) is 4.79 Å². The number of unbranched alkanes of at least 4 members (excludes halogenated alkanes) is 2. The zero-order chi connectivity index (χ0) is 34.2. The number of hydrogen-bond acceptors (Lipinski definition) is 9. The molecule has 2 heterocycles. The highest BCUT2D eigenvalue weighted by molar-refractivity contribution is 5.95. The van der Waals surface area contributed by atoms with Crippen LogP contribution in [0.4, 0.5) is 17.2 Å². The first-order valence-corrected chi connectivity index (χ1v) is 16.2. The second kappa shape index (κ2) is 18.8. The summed E-state index contributed by atoms with van der Waals surface area (Å²) >= 11 is 0. The molecule has 1 aliphatic rings. The Balaban J connectivity index is 0.000000913. The molecular weight excluding hydrogens is 588 g/mol. The molecule has 1 aromatic heterocycles. The number of ether oxygens (including phenoxy) is 2. The lowest BCUT2D eigenvalue weighted by molar-refractivity contribution is -0.111. The molecule has 0 aliphatic carbocycles. The second-order valence-corrected chi connectivity index (χ2v) is 10.9. The van der Waals surface area contributed by atoms with Crippen LogP contribution in [0, 0.1) is 18.8 Å². The van der Waals surface area contributed by atoms with Crippen LogP contribution in [0.15, 0.2) is 77.6 Å². The summed E-state index contributed by atoms with van der Waals surface area (Å²) in [4.78, 5) is 21.3. The van der Waals surface area contributed by atoms with E-state index in [1.165, 1.54) is 19.8 Å². The molecule has 0 fully saturated rings. The third-order valence-electron chi connectivity index (χ3n) is 7.08. The molecule has 0 amide bonds. The zero-order valence-corrected chi connectivity index (χ0v) is 29.1. The molecule has 0 atom stereocenters. The SMILES string of the molecule is C/C=N\N1C=CC(Oc2ccc(Nc3ncnc4cc(OCC)c(N(C)CCCCC)cc34)cc2C)=C/C1=C\CC.CC#CC(C)=O. The van der Waals surface area contributed by atoms with Crippen molar-refractivity contribution in [1.29, 1.82) is 0 Å². The molecule has 1 N–H and O–H groups in total. The maximum absolute atomic E-state index is 9.87. The Labute approximate surface area is 280 Å². The molecule has 248 valence electrons.